The van der Waals surface area contributed by atoms with Crippen LogP contribution in [-0.2, 0) is 23.0 Å². The van der Waals surface area contributed by atoms with Crippen molar-refractivity contribution in [2.45, 2.75) is 30.0 Å². The quantitative estimate of drug-likeness (QED) is 0.361. The maximum absolute atomic E-state index is 13.7. The SMILES string of the molecule is CNC(Cc1ccccc1)C(O)CN(Cc1ccccn1)S(=O)(=O)c1ccc2ncsc2c1. The monoisotopic (exact) mass is 482 g/mol. The Bertz CT molecular complexity index is 1280. The topological polar surface area (TPSA) is 95.4 Å². The summed E-state index contributed by atoms with van der Waals surface area (Å²) in [7, 11) is -2.12. The second kappa shape index (κ2) is 10.5. The fraction of sp³-hybridized carbons (Fsp3) is 0.250. The summed E-state index contributed by atoms with van der Waals surface area (Å²) < 4.78 is 29.4. The summed E-state index contributed by atoms with van der Waals surface area (Å²) in [6.07, 6.45) is 1.27. The molecule has 172 valence electrons. The first-order valence-electron chi connectivity index (χ1n) is 10.6. The van der Waals surface area contributed by atoms with Crippen molar-refractivity contribution in [3.8, 4) is 0 Å². The van der Waals surface area contributed by atoms with Crippen molar-refractivity contribution in [2.24, 2.45) is 0 Å². The van der Waals surface area contributed by atoms with Gasteiger partial charge in [-0.1, -0.05) is 36.4 Å². The summed E-state index contributed by atoms with van der Waals surface area (Å²) in [5.74, 6) is 0. The van der Waals surface area contributed by atoms with E-state index in [0.717, 1.165) is 15.8 Å². The third-order valence-electron chi connectivity index (χ3n) is 5.53. The number of likely N-dealkylation sites (N-methyl/N-ethyl adjacent to an activating group) is 1. The van der Waals surface area contributed by atoms with Crippen molar-refractivity contribution in [3.05, 3.63) is 89.7 Å². The summed E-state index contributed by atoms with van der Waals surface area (Å²) in [6, 6.07) is 19.8. The Morgan fingerprint density at radius 2 is 1.85 bits per heavy atom. The highest BCUT2D eigenvalue weighted by atomic mass is 32.2. The van der Waals surface area contributed by atoms with Gasteiger partial charge in [-0.3, -0.25) is 4.98 Å². The summed E-state index contributed by atoms with van der Waals surface area (Å²) in [6.45, 7) is -0.0132. The molecular formula is C24H26N4O3S2. The van der Waals surface area contributed by atoms with E-state index in [-0.39, 0.29) is 24.0 Å². The maximum Gasteiger partial charge on any atom is 0.243 e. The number of sulfonamides is 1. The van der Waals surface area contributed by atoms with Crippen LogP contribution in [0.2, 0.25) is 0 Å². The zero-order chi connectivity index (χ0) is 23.3. The number of hydrogen-bond donors (Lipinski definition) is 2. The lowest BCUT2D eigenvalue weighted by molar-refractivity contribution is 0.106. The van der Waals surface area contributed by atoms with Crippen LogP contribution in [0.15, 0.2) is 83.3 Å². The number of aliphatic hydroxyl groups is 1. The lowest BCUT2D eigenvalue weighted by Crippen LogP contribution is -2.47. The first-order chi connectivity index (χ1) is 16.0. The van der Waals surface area contributed by atoms with Gasteiger partial charge in [-0.2, -0.15) is 4.31 Å². The molecule has 0 saturated heterocycles. The number of aliphatic hydroxyl groups excluding tert-OH is 1. The molecule has 0 radical (unpaired) electrons. The highest BCUT2D eigenvalue weighted by Crippen LogP contribution is 2.25. The summed E-state index contributed by atoms with van der Waals surface area (Å²) >= 11 is 1.39. The fourth-order valence-electron chi connectivity index (χ4n) is 3.70. The van der Waals surface area contributed by atoms with Gasteiger partial charge in [-0.05, 0) is 49.4 Å². The third kappa shape index (κ3) is 5.63. The molecule has 0 aliphatic heterocycles. The molecule has 33 heavy (non-hydrogen) atoms. The number of nitrogens with one attached hydrogen (secondary N) is 1. The third-order valence-corrected chi connectivity index (χ3v) is 8.13. The Labute approximate surface area is 197 Å². The van der Waals surface area contributed by atoms with Crippen molar-refractivity contribution >= 4 is 31.6 Å². The van der Waals surface area contributed by atoms with Crippen LogP contribution in [0.5, 0.6) is 0 Å². The zero-order valence-corrected chi connectivity index (χ0v) is 19.8. The van der Waals surface area contributed by atoms with E-state index in [9.17, 15) is 13.5 Å². The predicted molar refractivity (Wildman–Crippen MR) is 130 cm³/mol. The van der Waals surface area contributed by atoms with E-state index in [1.54, 1.807) is 49.1 Å². The molecule has 2 unspecified atom stereocenters. The van der Waals surface area contributed by atoms with E-state index in [4.69, 9.17) is 0 Å². The smallest absolute Gasteiger partial charge is 0.243 e. The molecule has 7 nitrogen and oxygen atoms in total. The number of thiazole rings is 1. The molecule has 0 aliphatic rings. The largest absolute Gasteiger partial charge is 0.390 e. The molecule has 2 aromatic heterocycles. The minimum Gasteiger partial charge on any atom is -0.390 e. The molecule has 9 heteroatoms. The van der Waals surface area contributed by atoms with Crippen molar-refractivity contribution in [2.75, 3.05) is 13.6 Å². The van der Waals surface area contributed by atoms with Crippen molar-refractivity contribution in [1.29, 1.82) is 0 Å². The Morgan fingerprint density at radius 1 is 1.06 bits per heavy atom. The second-order valence-corrected chi connectivity index (χ2v) is 10.6. The van der Waals surface area contributed by atoms with Gasteiger partial charge < -0.3 is 10.4 Å². The summed E-state index contributed by atoms with van der Waals surface area (Å²) in [5.41, 5.74) is 4.12. The van der Waals surface area contributed by atoms with Crippen molar-refractivity contribution in [1.82, 2.24) is 19.6 Å². The number of pyridine rings is 1. The van der Waals surface area contributed by atoms with Crippen LogP contribution in [0.3, 0.4) is 0 Å². The maximum atomic E-state index is 13.7. The fourth-order valence-corrected chi connectivity index (χ4v) is 5.95. The molecule has 0 amide bonds. The average Bonchev–Trinajstić information content (AvgIpc) is 3.31. The van der Waals surface area contributed by atoms with E-state index in [1.807, 2.05) is 36.4 Å². The van der Waals surface area contributed by atoms with Crippen molar-refractivity contribution in [3.63, 3.8) is 0 Å². The Balaban J connectivity index is 1.62. The predicted octanol–water partition coefficient (Wildman–Crippen LogP) is 3.07. The molecule has 4 rings (SSSR count). The first kappa shape index (κ1) is 23.5. The van der Waals surface area contributed by atoms with Crippen LogP contribution < -0.4 is 5.32 Å². The van der Waals surface area contributed by atoms with Gasteiger partial charge in [0.15, 0.2) is 0 Å². The Kier molecular flexibility index (Phi) is 7.46. The van der Waals surface area contributed by atoms with Crippen LogP contribution in [0, 0.1) is 0 Å². The molecule has 0 aliphatic carbocycles. The molecule has 2 heterocycles. The molecule has 0 fully saturated rings. The van der Waals surface area contributed by atoms with Gasteiger partial charge >= 0.3 is 0 Å². The van der Waals surface area contributed by atoms with E-state index >= 15 is 0 Å². The van der Waals surface area contributed by atoms with Gasteiger partial charge in [0.2, 0.25) is 10.0 Å². The van der Waals surface area contributed by atoms with Gasteiger partial charge in [0.1, 0.15) is 0 Å². The average molecular weight is 483 g/mol. The van der Waals surface area contributed by atoms with E-state index in [1.165, 1.54) is 15.6 Å². The van der Waals surface area contributed by atoms with Crippen LogP contribution in [0.4, 0.5) is 0 Å². The minimum absolute atomic E-state index is 0.0583. The first-order valence-corrected chi connectivity index (χ1v) is 12.9. The standard InChI is InChI=1S/C24H26N4O3S2/c1-25-22(13-18-7-3-2-4-8-18)23(29)16-28(15-19-9-5-6-12-26-19)33(30,31)20-10-11-21-24(14-20)32-17-27-21/h2-12,14,17,22-23,25,29H,13,15-16H2,1H3. The lowest BCUT2D eigenvalue weighted by Gasteiger charge is -2.29. The molecule has 0 saturated carbocycles. The van der Waals surface area contributed by atoms with Crippen LogP contribution in [-0.4, -0.2) is 53.5 Å². The molecule has 2 aromatic carbocycles. The van der Waals surface area contributed by atoms with Gasteiger partial charge in [-0.25, -0.2) is 13.4 Å². The van der Waals surface area contributed by atoms with Gasteiger partial charge in [0.05, 0.1) is 39.0 Å². The molecule has 0 bridgehead atoms. The second-order valence-electron chi connectivity index (χ2n) is 7.75. The Morgan fingerprint density at radius 3 is 2.58 bits per heavy atom. The van der Waals surface area contributed by atoms with Crippen LogP contribution >= 0.6 is 11.3 Å². The summed E-state index contributed by atoms with van der Waals surface area (Å²) in [5, 5.41) is 14.2. The number of hydrogen-bond acceptors (Lipinski definition) is 7. The van der Waals surface area contributed by atoms with E-state index in [0.29, 0.717) is 12.1 Å². The van der Waals surface area contributed by atoms with Gasteiger partial charge in [0, 0.05) is 18.8 Å². The zero-order valence-electron chi connectivity index (χ0n) is 18.2. The number of rotatable bonds is 10. The number of benzene rings is 2. The minimum atomic E-state index is -3.89. The number of fused-ring (bicyclic) bond motifs is 1. The van der Waals surface area contributed by atoms with Crippen LogP contribution in [0.25, 0.3) is 10.2 Å². The summed E-state index contributed by atoms with van der Waals surface area (Å²) in [4.78, 5) is 8.70. The highest BCUT2D eigenvalue weighted by molar-refractivity contribution is 7.89. The van der Waals surface area contributed by atoms with E-state index < -0.39 is 16.1 Å². The molecular weight excluding hydrogens is 456 g/mol. The number of aromatic nitrogens is 2. The molecule has 4 aromatic rings. The Hall–Kier alpha value is -2.69. The number of nitrogens with zero attached hydrogens (tertiary/aromatic N) is 3. The lowest BCUT2D eigenvalue weighted by atomic mass is 10.0. The normalized spacial score (nSPS) is 13.9. The van der Waals surface area contributed by atoms with Gasteiger partial charge in [-0.15, -0.1) is 11.3 Å². The molecule has 2 N–H and O–H groups in total. The molecule has 2 atom stereocenters. The van der Waals surface area contributed by atoms with Crippen molar-refractivity contribution < 1.29 is 13.5 Å². The van der Waals surface area contributed by atoms with Crippen LogP contribution in [0.1, 0.15) is 11.3 Å². The van der Waals surface area contributed by atoms with E-state index in [2.05, 4.69) is 15.3 Å². The highest BCUT2D eigenvalue weighted by Gasteiger charge is 2.30. The van der Waals surface area contributed by atoms with Gasteiger partial charge in [0.25, 0.3) is 0 Å². The molecule has 0 spiro atoms.